The average Bonchev–Trinajstić information content (AvgIpc) is 2.65. The Bertz CT molecular complexity index is 508. The molecule has 2 heterocycles. The number of aryl methyl sites for hydroxylation is 1. The van der Waals surface area contributed by atoms with Crippen LogP contribution in [0.2, 0.25) is 0 Å². The lowest BCUT2D eigenvalue weighted by Crippen LogP contribution is -2.00. The van der Waals surface area contributed by atoms with Crippen molar-refractivity contribution in [2.45, 2.75) is 6.92 Å². The van der Waals surface area contributed by atoms with Gasteiger partial charge in [0.15, 0.2) is 0 Å². The van der Waals surface area contributed by atoms with Crippen LogP contribution >= 0.6 is 0 Å². The fraction of sp³-hybridized carbons (Fsp3) is 0.100. The van der Waals surface area contributed by atoms with Crippen LogP contribution in [0.25, 0.3) is 11.4 Å². The minimum atomic E-state index is -1.01. The molecule has 2 aromatic heterocycles. The van der Waals surface area contributed by atoms with E-state index in [0.717, 1.165) is 5.69 Å². The van der Waals surface area contributed by atoms with Crippen molar-refractivity contribution in [3.63, 3.8) is 0 Å². The van der Waals surface area contributed by atoms with Crippen molar-refractivity contribution in [3.05, 3.63) is 35.9 Å². The number of carboxylic acid groups (broad SMARTS) is 1. The van der Waals surface area contributed by atoms with Gasteiger partial charge in [0.1, 0.15) is 5.82 Å². The van der Waals surface area contributed by atoms with E-state index >= 15 is 0 Å². The molecule has 0 bridgehead atoms. The van der Waals surface area contributed by atoms with E-state index in [-0.39, 0.29) is 11.0 Å². The van der Waals surface area contributed by atoms with Crippen LogP contribution in [0.5, 0.6) is 0 Å². The van der Waals surface area contributed by atoms with E-state index in [1.807, 2.05) is 6.92 Å². The number of imidazole rings is 1. The summed E-state index contributed by atoms with van der Waals surface area (Å²) in [6.07, 6.45) is 4.51. The molecular weight excluding hydrogens is 210 g/mol. The molecule has 0 aliphatic heterocycles. The lowest BCUT2D eigenvalue weighted by molar-refractivity contribution is 0.0697. The predicted octanol–water partition coefficient (Wildman–Crippen LogP) is 0.654. The summed E-state index contributed by atoms with van der Waals surface area (Å²) >= 11 is 0. The lowest BCUT2D eigenvalue weighted by atomic mass is 10.1. The Morgan fingerprint density at radius 3 is 2.75 bits per heavy atom. The van der Waals surface area contributed by atoms with Crippen molar-refractivity contribution in [1.82, 2.24) is 15.0 Å². The van der Waals surface area contributed by atoms with Gasteiger partial charge in [-0.2, -0.15) is 0 Å². The van der Waals surface area contributed by atoms with E-state index in [2.05, 4.69) is 15.0 Å². The molecule has 6 heteroatoms. The highest BCUT2D eigenvalue weighted by molar-refractivity contribution is 5.94. The highest BCUT2D eigenvalue weighted by Gasteiger charge is 2.13. The zero-order valence-corrected chi connectivity index (χ0v) is 8.56. The SMILES string of the molecule is Cc1cnc(-c2ccncc2C(=O)O)[nH]1.O. The van der Waals surface area contributed by atoms with E-state index in [9.17, 15) is 4.79 Å². The van der Waals surface area contributed by atoms with Gasteiger partial charge < -0.3 is 15.6 Å². The van der Waals surface area contributed by atoms with Crippen LogP contribution in [0.4, 0.5) is 0 Å². The number of hydrogen-bond acceptors (Lipinski definition) is 3. The number of carbonyl (C=O) groups is 1. The topological polar surface area (TPSA) is 110 Å². The number of H-pyrrole nitrogens is 1. The van der Waals surface area contributed by atoms with Gasteiger partial charge in [0, 0.05) is 29.8 Å². The summed E-state index contributed by atoms with van der Waals surface area (Å²) in [5, 5.41) is 8.95. The van der Waals surface area contributed by atoms with Gasteiger partial charge >= 0.3 is 5.97 Å². The molecular formula is C10H11N3O3. The number of hydrogen-bond donors (Lipinski definition) is 2. The largest absolute Gasteiger partial charge is 0.478 e. The third kappa shape index (κ3) is 2.06. The molecule has 0 radical (unpaired) electrons. The molecule has 0 fully saturated rings. The van der Waals surface area contributed by atoms with Crippen molar-refractivity contribution < 1.29 is 15.4 Å². The maximum Gasteiger partial charge on any atom is 0.338 e. The number of nitrogens with one attached hydrogen (secondary N) is 1. The zero-order chi connectivity index (χ0) is 10.8. The van der Waals surface area contributed by atoms with E-state index in [1.54, 1.807) is 18.5 Å². The minimum absolute atomic E-state index is 0. The Balaban J connectivity index is 0.00000128. The van der Waals surface area contributed by atoms with Gasteiger partial charge in [-0.1, -0.05) is 0 Å². The van der Waals surface area contributed by atoms with Crippen LogP contribution in [0.15, 0.2) is 24.7 Å². The molecule has 0 aliphatic carbocycles. The van der Waals surface area contributed by atoms with Gasteiger partial charge in [-0.15, -0.1) is 0 Å². The van der Waals surface area contributed by atoms with Crippen LogP contribution in [-0.2, 0) is 0 Å². The Morgan fingerprint density at radius 1 is 1.44 bits per heavy atom. The van der Waals surface area contributed by atoms with Crippen molar-refractivity contribution in [3.8, 4) is 11.4 Å². The van der Waals surface area contributed by atoms with Gasteiger partial charge in [-0.05, 0) is 13.0 Å². The Morgan fingerprint density at radius 2 is 2.19 bits per heavy atom. The predicted molar refractivity (Wildman–Crippen MR) is 57.1 cm³/mol. The maximum absolute atomic E-state index is 10.9. The molecule has 0 amide bonds. The first-order valence-corrected chi connectivity index (χ1v) is 4.38. The van der Waals surface area contributed by atoms with Gasteiger partial charge in [0.05, 0.1) is 5.56 Å². The molecule has 0 aromatic carbocycles. The summed E-state index contributed by atoms with van der Waals surface area (Å²) in [7, 11) is 0. The van der Waals surface area contributed by atoms with Crippen LogP contribution in [0, 0.1) is 6.92 Å². The van der Waals surface area contributed by atoms with Crippen LogP contribution in [-0.4, -0.2) is 31.5 Å². The molecule has 2 rings (SSSR count). The average molecular weight is 221 g/mol. The van der Waals surface area contributed by atoms with Gasteiger partial charge in [0.2, 0.25) is 0 Å². The molecule has 6 nitrogen and oxygen atoms in total. The molecule has 4 N–H and O–H groups in total. The first-order valence-electron chi connectivity index (χ1n) is 4.38. The summed E-state index contributed by atoms with van der Waals surface area (Å²) in [6, 6.07) is 1.63. The van der Waals surface area contributed by atoms with Crippen molar-refractivity contribution >= 4 is 5.97 Å². The van der Waals surface area contributed by atoms with Crippen LogP contribution in [0.3, 0.4) is 0 Å². The molecule has 0 saturated heterocycles. The third-order valence-corrected chi connectivity index (χ3v) is 2.01. The van der Waals surface area contributed by atoms with Crippen molar-refractivity contribution in [1.29, 1.82) is 0 Å². The van der Waals surface area contributed by atoms with Gasteiger partial charge in [0.25, 0.3) is 0 Å². The number of aromatic carboxylic acids is 1. The molecule has 0 atom stereocenters. The standard InChI is InChI=1S/C10H9N3O2.H2O/c1-6-4-12-9(13-6)7-2-3-11-5-8(7)10(14)15;/h2-5H,1H3,(H,12,13)(H,14,15);1H2. The van der Waals surface area contributed by atoms with E-state index < -0.39 is 5.97 Å². The maximum atomic E-state index is 10.9. The molecule has 2 aromatic rings. The summed E-state index contributed by atoms with van der Waals surface area (Å²) < 4.78 is 0. The van der Waals surface area contributed by atoms with Crippen molar-refractivity contribution in [2.24, 2.45) is 0 Å². The Kier molecular flexibility index (Phi) is 3.37. The fourth-order valence-corrected chi connectivity index (χ4v) is 1.32. The van der Waals surface area contributed by atoms with Crippen LogP contribution in [0.1, 0.15) is 16.1 Å². The first kappa shape index (κ1) is 11.9. The van der Waals surface area contributed by atoms with E-state index in [4.69, 9.17) is 5.11 Å². The number of nitrogens with zero attached hydrogens (tertiary/aromatic N) is 2. The lowest BCUT2D eigenvalue weighted by Gasteiger charge is -2.00. The molecule has 16 heavy (non-hydrogen) atoms. The normalized spacial score (nSPS) is 9.56. The number of aromatic nitrogens is 3. The zero-order valence-electron chi connectivity index (χ0n) is 8.56. The number of pyridine rings is 1. The summed E-state index contributed by atoms with van der Waals surface area (Å²) in [6.45, 7) is 1.86. The second-order valence-corrected chi connectivity index (χ2v) is 3.14. The molecule has 0 unspecified atom stereocenters. The minimum Gasteiger partial charge on any atom is -0.478 e. The summed E-state index contributed by atoms with van der Waals surface area (Å²) in [5.74, 6) is -0.459. The second-order valence-electron chi connectivity index (χ2n) is 3.14. The molecule has 0 spiro atoms. The monoisotopic (exact) mass is 221 g/mol. The first-order chi connectivity index (χ1) is 7.18. The summed E-state index contributed by atoms with van der Waals surface area (Å²) in [4.78, 5) is 21.8. The van der Waals surface area contributed by atoms with Gasteiger partial charge in [-0.3, -0.25) is 4.98 Å². The molecule has 0 aliphatic rings. The number of carboxylic acids is 1. The quantitative estimate of drug-likeness (QED) is 0.775. The number of rotatable bonds is 2. The highest BCUT2D eigenvalue weighted by Crippen LogP contribution is 2.19. The number of aromatic amines is 1. The smallest absolute Gasteiger partial charge is 0.338 e. The van der Waals surface area contributed by atoms with E-state index in [1.165, 1.54) is 6.20 Å². The third-order valence-electron chi connectivity index (χ3n) is 2.01. The van der Waals surface area contributed by atoms with Crippen LogP contribution < -0.4 is 0 Å². The molecule has 84 valence electrons. The van der Waals surface area contributed by atoms with Crippen molar-refractivity contribution in [2.75, 3.05) is 0 Å². The highest BCUT2D eigenvalue weighted by atomic mass is 16.4. The Hall–Kier alpha value is -2.21. The van der Waals surface area contributed by atoms with E-state index in [0.29, 0.717) is 11.4 Å². The molecule has 0 saturated carbocycles. The van der Waals surface area contributed by atoms with Gasteiger partial charge in [-0.25, -0.2) is 9.78 Å². The second kappa shape index (κ2) is 4.54. The summed E-state index contributed by atoms with van der Waals surface area (Å²) in [5.41, 5.74) is 1.58. The fourth-order valence-electron chi connectivity index (χ4n) is 1.32. The Labute approximate surface area is 91.3 Å².